The third-order valence-corrected chi connectivity index (χ3v) is 7.46. The van der Waals surface area contributed by atoms with E-state index in [2.05, 4.69) is 0 Å². The molecular weight excluding hydrogens is 512 g/mol. The number of carbonyl (C=O) groups excluding carboxylic acids is 3. The van der Waals surface area contributed by atoms with Gasteiger partial charge in [0.15, 0.2) is 23.0 Å². The second-order valence-corrected chi connectivity index (χ2v) is 9.57. The lowest BCUT2D eigenvalue weighted by Gasteiger charge is -2.44. The molecule has 0 unspecified atom stereocenters. The standard InChI is InChI=1S/C27H24N2O10/c1-28-21-23(31)12-3-5-15(30)18(9-12)38-19-10-13(4-6-16(19)36-2)27(35)39-17-7-8-37-11-14-20(17)29(26(21)34)22(24(14)32)25(28)33/h3-11,17,20-24,30-32H,1-2H3/t17-,20-,21-,22-,23-,24+/m0/s1. The number of piperazine rings is 1. The van der Waals surface area contributed by atoms with Crippen molar-refractivity contribution in [2.24, 2.45) is 0 Å². The first-order valence-electron chi connectivity index (χ1n) is 12.1. The average molecular weight is 536 g/mol. The molecule has 202 valence electrons. The van der Waals surface area contributed by atoms with Gasteiger partial charge in [0, 0.05) is 12.6 Å². The van der Waals surface area contributed by atoms with Crippen molar-refractivity contribution in [2.75, 3.05) is 14.2 Å². The van der Waals surface area contributed by atoms with E-state index in [9.17, 15) is 29.7 Å². The summed E-state index contributed by atoms with van der Waals surface area (Å²) >= 11 is 0. The Morgan fingerprint density at radius 1 is 0.923 bits per heavy atom. The number of rotatable bonds is 1. The summed E-state index contributed by atoms with van der Waals surface area (Å²) in [6.45, 7) is 0. The molecule has 2 fully saturated rings. The number of phenols is 1. The van der Waals surface area contributed by atoms with Gasteiger partial charge in [-0.3, -0.25) is 9.59 Å². The fraction of sp³-hybridized carbons (Fsp3) is 0.296. The van der Waals surface area contributed by atoms with Gasteiger partial charge in [-0.05, 0) is 42.0 Å². The van der Waals surface area contributed by atoms with Crippen LogP contribution in [0.3, 0.4) is 0 Å². The summed E-state index contributed by atoms with van der Waals surface area (Å²) < 4.78 is 22.4. The maximum Gasteiger partial charge on any atom is 0.338 e. The van der Waals surface area contributed by atoms with E-state index in [-0.39, 0.29) is 39.7 Å². The van der Waals surface area contributed by atoms with Crippen molar-refractivity contribution < 1.29 is 48.7 Å². The van der Waals surface area contributed by atoms with E-state index < -0.39 is 54.2 Å². The first kappa shape index (κ1) is 24.8. The molecule has 0 radical (unpaired) electrons. The molecule has 12 heteroatoms. The molecule has 2 saturated heterocycles. The molecule has 0 aliphatic carbocycles. The number of nitrogens with zero attached hydrogens (tertiary/aromatic N) is 2. The van der Waals surface area contributed by atoms with Crippen molar-refractivity contribution in [3.05, 3.63) is 71.7 Å². The first-order chi connectivity index (χ1) is 18.7. The second kappa shape index (κ2) is 9.03. The summed E-state index contributed by atoms with van der Waals surface area (Å²) in [4.78, 5) is 43.0. The lowest BCUT2D eigenvalue weighted by atomic mass is 9.95. The number of esters is 1. The van der Waals surface area contributed by atoms with E-state index in [1.165, 1.54) is 69.2 Å². The van der Waals surface area contributed by atoms with Crippen LogP contribution < -0.4 is 9.47 Å². The normalized spacial score (nSPS) is 29.3. The SMILES string of the molecule is COc1ccc2cc1Oc1cc(ccc1O)[C@H](O)[C@H]1C(=O)N3[C@H](C(=O)N1C)[C@H](O)C1=COC=C[C@H](OC2=O)[C@H]13. The highest BCUT2D eigenvalue weighted by Crippen LogP contribution is 2.43. The summed E-state index contributed by atoms with van der Waals surface area (Å²) in [7, 11) is 2.76. The molecule has 12 nitrogen and oxygen atoms in total. The van der Waals surface area contributed by atoms with Crippen LogP contribution in [0.5, 0.6) is 23.0 Å². The van der Waals surface area contributed by atoms with Crippen LogP contribution in [0.15, 0.2) is 60.6 Å². The highest BCUT2D eigenvalue weighted by Gasteiger charge is 2.60. The van der Waals surface area contributed by atoms with E-state index in [0.29, 0.717) is 0 Å². The van der Waals surface area contributed by atoms with Gasteiger partial charge >= 0.3 is 5.97 Å². The van der Waals surface area contributed by atoms with Crippen molar-refractivity contribution >= 4 is 17.8 Å². The molecule has 4 aliphatic rings. The lowest BCUT2D eigenvalue weighted by molar-refractivity contribution is -0.168. The predicted octanol–water partition coefficient (Wildman–Crippen LogP) is 0.974. The second-order valence-electron chi connectivity index (χ2n) is 9.57. The predicted molar refractivity (Wildman–Crippen MR) is 131 cm³/mol. The van der Waals surface area contributed by atoms with Gasteiger partial charge in [-0.1, -0.05) is 6.07 Å². The van der Waals surface area contributed by atoms with Crippen LogP contribution >= 0.6 is 0 Å². The molecule has 6 bridgehead atoms. The Balaban J connectivity index is 1.56. The average Bonchev–Trinajstić information content (AvgIpc) is 3.06. The molecule has 6 rings (SSSR count). The van der Waals surface area contributed by atoms with Crippen molar-refractivity contribution in [3.8, 4) is 23.0 Å². The molecule has 4 aliphatic heterocycles. The quantitative estimate of drug-likeness (QED) is 0.449. The van der Waals surface area contributed by atoms with Crippen molar-refractivity contribution in [3.63, 3.8) is 0 Å². The van der Waals surface area contributed by atoms with E-state index in [1.54, 1.807) is 0 Å². The fourth-order valence-electron chi connectivity index (χ4n) is 5.49. The Bertz CT molecular complexity index is 1450. The Morgan fingerprint density at radius 3 is 2.49 bits per heavy atom. The first-order valence-corrected chi connectivity index (χ1v) is 12.1. The van der Waals surface area contributed by atoms with E-state index >= 15 is 0 Å². The Kier molecular flexibility index (Phi) is 5.74. The Hall–Kier alpha value is -4.55. The summed E-state index contributed by atoms with van der Waals surface area (Å²) in [6, 6.07) is 4.51. The Morgan fingerprint density at radius 2 is 1.72 bits per heavy atom. The summed E-state index contributed by atoms with van der Waals surface area (Å²) in [6.07, 6.45) is -0.243. The van der Waals surface area contributed by atoms with Gasteiger partial charge in [-0.25, -0.2) is 4.79 Å². The van der Waals surface area contributed by atoms with Gasteiger partial charge in [0.2, 0.25) is 11.8 Å². The maximum absolute atomic E-state index is 14.0. The van der Waals surface area contributed by atoms with Crippen LogP contribution in [0.4, 0.5) is 0 Å². The van der Waals surface area contributed by atoms with Crippen molar-refractivity contribution in [1.29, 1.82) is 0 Å². The Labute approximate surface area is 221 Å². The van der Waals surface area contributed by atoms with Crippen molar-refractivity contribution in [2.45, 2.75) is 36.4 Å². The van der Waals surface area contributed by atoms with E-state index in [0.717, 1.165) is 9.80 Å². The number of aliphatic hydroxyl groups is 2. The number of fused-ring (bicyclic) bond motifs is 5. The number of methoxy groups -OCH3 is 1. The van der Waals surface area contributed by atoms with Crippen LogP contribution in [-0.2, 0) is 19.1 Å². The van der Waals surface area contributed by atoms with E-state index in [1.807, 2.05) is 0 Å². The smallest absolute Gasteiger partial charge is 0.338 e. The van der Waals surface area contributed by atoms with Gasteiger partial charge < -0.3 is 44.1 Å². The zero-order chi connectivity index (χ0) is 27.6. The van der Waals surface area contributed by atoms with Gasteiger partial charge in [-0.2, -0.15) is 0 Å². The minimum atomic E-state index is -1.54. The van der Waals surface area contributed by atoms with Crippen molar-refractivity contribution in [1.82, 2.24) is 9.80 Å². The molecule has 39 heavy (non-hydrogen) atoms. The number of hydrogen-bond donors (Lipinski definition) is 3. The molecule has 4 heterocycles. The molecule has 2 aromatic carbocycles. The third kappa shape index (κ3) is 3.71. The largest absolute Gasteiger partial charge is 0.504 e. The monoisotopic (exact) mass is 536 g/mol. The number of hydrogen-bond acceptors (Lipinski definition) is 10. The summed E-state index contributed by atoms with van der Waals surface area (Å²) in [5.41, 5.74) is 0.407. The number of phenolic OH excluding ortho intramolecular Hbond substituents is 1. The van der Waals surface area contributed by atoms with Crippen LogP contribution in [0.2, 0.25) is 0 Å². The minimum Gasteiger partial charge on any atom is -0.504 e. The highest BCUT2D eigenvalue weighted by atomic mass is 16.5. The molecule has 0 spiro atoms. The lowest BCUT2D eigenvalue weighted by Crippen LogP contribution is -2.67. The highest BCUT2D eigenvalue weighted by molar-refractivity contribution is 5.99. The topological polar surface area (TPSA) is 155 Å². The molecule has 2 amide bonds. The number of likely N-dealkylation sites (N-methyl/N-ethyl adjacent to an activating group) is 1. The maximum atomic E-state index is 14.0. The number of aliphatic hydroxyl groups excluding tert-OH is 2. The van der Waals surface area contributed by atoms with Crippen LogP contribution in [0.25, 0.3) is 0 Å². The molecule has 3 N–H and O–H groups in total. The molecule has 0 aromatic heterocycles. The van der Waals surface area contributed by atoms with Crippen LogP contribution in [0.1, 0.15) is 22.0 Å². The molecule has 6 atom stereocenters. The number of carbonyl (C=O) groups is 3. The zero-order valence-electron chi connectivity index (χ0n) is 20.8. The fourth-order valence-corrected chi connectivity index (χ4v) is 5.49. The minimum absolute atomic E-state index is 0.0641. The number of benzene rings is 2. The van der Waals surface area contributed by atoms with Gasteiger partial charge in [-0.15, -0.1) is 0 Å². The van der Waals surface area contributed by atoms with E-state index in [4.69, 9.17) is 18.9 Å². The van der Waals surface area contributed by atoms with Gasteiger partial charge in [0.1, 0.15) is 36.4 Å². The van der Waals surface area contributed by atoms with Gasteiger partial charge in [0.05, 0.1) is 25.2 Å². The summed E-state index contributed by atoms with van der Waals surface area (Å²) in [5, 5.41) is 33.0. The number of ether oxygens (including phenoxy) is 4. The molecule has 2 aromatic rings. The molecular formula is C27H24N2O10. The molecule has 0 saturated carbocycles. The van der Waals surface area contributed by atoms with Crippen LogP contribution in [0, 0.1) is 0 Å². The number of aromatic hydroxyl groups is 1. The van der Waals surface area contributed by atoms with Crippen LogP contribution in [-0.4, -0.2) is 87.4 Å². The van der Waals surface area contributed by atoms with Gasteiger partial charge in [0.25, 0.3) is 0 Å². The third-order valence-electron chi connectivity index (χ3n) is 7.46. The summed E-state index contributed by atoms with van der Waals surface area (Å²) in [5.74, 6) is -2.14. The number of amides is 2. The zero-order valence-corrected chi connectivity index (χ0v) is 20.8.